The first-order valence-electron chi connectivity index (χ1n) is 11.0. The summed E-state index contributed by atoms with van der Waals surface area (Å²) in [6.45, 7) is 2.31. The Kier molecular flexibility index (Phi) is 8.04. The van der Waals surface area contributed by atoms with Crippen molar-refractivity contribution in [3.63, 3.8) is 0 Å². The molecular formula is C23H31N5O4S. The molecule has 0 saturated carbocycles. The van der Waals surface area contributed by atoms with Crippen LogP contribution in [0.3, 0.4) is 0 Å². The summed E-state index contributed by atoms with van der Waals surface area (Å²) in [6, 6.07) is 8.11. The molecule has 0 bridgehead atoms. The normalized spacial score (nSPS) is 22.6. The monoisotopic (exact) mass is 473 g/mol. The molecule has 3 atom stereocenters. The number of allylic oxidation sites excluding steroid dienone is 1. The van der Waals surface area contributed by atoms with Crippen LogP contribution in [0.5, 0.6) is 0 Å². The Hall–Kier alpha value is -2.98. The van der Waals surface area contributed by atoms with Crippen LogP contribution in [-0.4, -0.2) is 56.6 Å². The fourth-order valence-corrected chi connectivity index (χ4v) is 5.24. The van der Waals surface area contributed by atoms with Crippen LogP contribution in [0.1, 0.15) is 25.3 Å². The van der Waals surface area contributed by atoms with E-state index >= 15 is 0 Å². The summed E-state index contributed by atoms with van der Waals surface area (Å²) in [7, 11) is -3.67. The molecule has 1 aliphatic heterocycles. The maximum Gasteiger partial charge on any atom is 0.243 e. The summed E-state index contributed by atoms with van der Waals surface area (Å²) in [5, 5.41) is 10.5. The van der Waals surface area contributed by atoms with E-state index in [0.29, 0.717) is 31.5 Å². The molecular weight excluding hydrogens is 442 g/mol. The SMILES string of the molecule is CC1C=C(CNC(=O)C2CCCN2C(=O)CNS(=O)(=O)Cc2ccccc2)C=CC1C(=N)N. The molecule has 3 unspecified atom stereocenters. The number of amides is 2. The molecule has 3 rings (SSSR count). The van der Waals surface area contributed by atoms with E-state index in [1.54, 1.807) is 30.3 Å². The van der Waals surface area contributed by atoms with Crippen LogP contribution >= 0.6 is 0 Å². The number of hydrogen-bond donors (Lipinski definition) is 4. The molecule has 1 fully saturated rings. The van der Waals surface area contributed by atoms with Crippen molar-refractivity contribution < 1.29 is 18.0 Å². The fourth-order valence-electron chi connectivity index (χ4n) is 4.17. The molecule has 9 nitrogen and oxygen atoms in total. The lowest BCUT2D eigenvalue weighted by atomic mass is 9.86. The zero-order valence-electron chi connectivity index (χ0n) is 18.7. The Balaban J connectivity index is 1.51. The summed E-state index contributed by atoms with van der Waals surface area (Å²) in [5.41, 5.74) is 7.14. The molecule has 1 heterocycles. The predicted molar refractivity (Wildman–Crippen MR) is 127 cm³/mol. The molecule has 1 aromatic carbocycles. The first-order chi connectivity index (χ1) is 15.7. The number of sulfonamides is 1. The minimum atomic E-state index is -3.67. The van der Waals surface area contributed by atoms with E-state index in [9.17, 15) is 18.0 Å². The van der Waals surface area contributed by atoms with E-state index in [-0.39, 0.29) is 35.9 Å². The molecule has 2 aliphatic rings. The van der Waals surface area contributed by atoms with Crippen molar-refractivity contribution in [2.75, 3.05) is 19.6 Å². The lowest BCUT2D eigenvalue weighted by Crippen LogP contribution is -2.49. The van der Waals surface area contributed by atoms with Gasteiger partial charge in [-0.15, -0.1) is 0 Å². The van der Waals surface area contributed by atoms with Crippen molar-refractivity contribution in [3.8, 4) is 0 Å². The number of hydrogen-bond acceptors (Lipinski definition) is 5. The number of nitrogens with zero attached hydrogens (tertiary/aromatic N) is 1. The van der Waals surface area contributed by atoms with Gasteiger partial charge in [-0.2, -0.15) is 0 Å². The molecule has 2 amide bonds. The molecule has 178 valence electrons. The highest BCUT2D eigenvalue weighted by molar-refractivity contribution is 7.88. The second-order valence-electron chi connectivity index (χ2n) is 8.47. The van der Waals surface area contributed by atoms with Crippen LogP contribution in [0.15, 0.2) is 54.1 Å². The van der Waals surface area contributed by atoms with Gasteiger partial charge in [-0.25, -0.2) is 13.1 Å². The van der Waals surface area contributed by atoms with E-state index in [1.165, 1.54) is 4.90 Å². The van der Waals surface area contributed by atoms with Crippen LogP contribution in [0.2, 0.25) is 0 Å². The molecule has 0 aromatic heterocycles. The van der Waals surface area contributed by atoms with Crippen LogP contribution in [0, 0.1) is 17.2 Å². The Morgan fingerprint density at radius 2 is 1.97 bits per heavy atom. The van der Waals surface area contributed by atoms with E-state index < -0.39 is 22.0 Å². The van der Waals surface area contributed by atoms with Crippen LogP contribution in [0.25, 0.3) is 0 Å². The van der Waals surface area contributed by atoms with Gasteiger partial charge >= 0.3 is 0 Å². The highest BCUT2D eigenvalue weighted by Gasteiger charge is 2.34. The van der Waals surface area contributed by atoms with Crippen LogP contribution in [-0.2, 0) is 25.4 Å². The fraction of sp³-hybridized carbons (Fsp3) is 0.435. The van der Waals surface area contributed by atoms with Gasteiger partial charge in [-0.3, -0.25) is 15.0 Å². The molecule has 33 heavy (non-hydrogen) atoms. The number of rotatable bonds is 9. The minimum absolute atomic E-state index is 0.0628. The first-order valence-corrected chi connectivity index (χ1v) is 12.6. The first kappa shape index (κ1) is 24.7. The summed E-state index contributed by atoms with van der Waals surface area (Å²) < 4.78 is 27.0. The number of carbonyl (C=O) groups is 2. The average Bonchev–Trinajstić information content (AvgIpc) is 3.26. The van der Waals surface area contributed by atoms with E-state index in [2.05, 4.69) is 10.0 Å². The quantitative estimate of drug-likeness (QED) is 0.311. The van der Waals surface area contributed by atoms with Gasteiger partial charge in [0.2, 0.25) is 21.8 Å². The number of nitrogens with one attached hydrogen (secondary N) is 3. The van der Waals surface area contributed by atoms with Gasteiger partial charge in [0, 0.05) is 19.0 Å². The van der Waals surface area contributed by atoms with Crippen LogP contribution < -0.4 is 15.8 Å². The highest BCUT2D eigenvalue weighted by Crippen LogP contribution is 2.23. The lowest BCUT2D eigenvalue weighted by molar-refractivity contribution is -0.137. The third kappa shape index (κ3) is 6.75. The van der Waals surface area contributed by atoms with Crippen LogP contribution in [0.4, 0.5) is 0 Å². The third-order valence-electron chi connectivity index (χ3n) is 5.91. The van der Waals surface area contributed by atoms with Crippen molar-refractivity contribution in [1.82, 2.24) is 14.9 Å². The zero-order valence-corrected chi connectivity index (χ0v) is 19.5. The Morgan fingerprint density at radius 1 is 1.24 bits per heavy atom. The summed E-state index contributed by atoms with van der Waals surface area (Å²) in [4.78, 5) is 26.9. The van der Waals surface area contributed by atoms with E-state index in [0.717, 1.165) is 5.57 Å². The van der Waals surface area contributed by atoms with Crippen molar-refractivity contribution in [2.45, 2.75) is 31.6 Å². The van der Waals surface area contributed by atoms with Gasteiger partial charge in [0.05, 0.1) is 18.1 Å². The third-order valence-corrected chi connectivity index (χ3v) is 7.20. The molecule has 0 radical (unpaired) electrons. The Morgan fingerprint density at radius 3 is 2.64 bits per heavy atom. The number of carbonyl (C=O) groups excluding carboxylic acids is 2. The lowest BCUT2D eigenvalue weighted by Gasteiger charge is -2.25. The second-order valence-corrected chi connectivity index (χ2v) is 10.3. The Bertz CT molecular complexity index is 1050. The van der Waals surface area contributed by atoms with Gasteiger partial charge in [-0.1, -0.05) is 55.5 Å². The van der Waals surface area contributed by atoms with Crippen molar-refractivity contribution in [3.05, 3.63) is 59.7 Å². The van der Waals surface area contributed by atoms with Gasteiger partial charge in [0.1, 0.15) is 6.04 Å². The topological polar surface area (TPSA) is 145 Å². The smallest absolute Gasteiger partial charge is 0.243 e. The van der Waals surface area contributed by atoms with E-state index in [4.69, 9.17) is 11.1 Å². The van der Waals surface area contributed by atoms with E-state index in [1.807, 2.05) is 25.2 Å². The molecule has 0 spiro atoms. The van der Waals surface area contributed by atoms with Gasteiger partial charge in [0.25, 0.3) is 0 Å². The summed E-state index contributed by atoms with van der Waals surface area (Å²) >= 11 is 0. The van der Waals surface area contributed by atoms with Gasteiger partial charge < -0.3 is 16.0 Å². The summed E-state index contributed by atoms with van der Waals surface area (Å²) in [5.74, 6) is -0.859. The summed E-state index contributed by atoms with van der Waals surface area (Å²) in [6.07, 6.45) is 6.91. The maximum atomic E-state index is 12.8. The maximum absolute atomic E-state index is 12.8. The highest BCUT2D eigenvalue weighted by atomic mass is 32.2. The molecule has 1 aromatic rings. The van der Waals surface area contributed by atoms with Gasteiger partial charge in [0.15, 0.2) is 0 Å². The number of likely N-dealkylation sites (tertiary alicyclic amines) is 1. The number of nitrogens with two attached hydrogens (primary N) is 1. The van der Waals surface area contributed by atoms with Crippen molar-refractivity contribution in [1.29, 1.82) is 5.41 Å². The molecule has 10 heteroatoms. The molecule has 5 N–H and O–H groups in total. The van der Waals surface area contributed by atoms with Gasteiger partial charge in [-0.05, 0) is 29.9 Å². The predicted octanol–water partition coefficient (Wildman–Crippen LogP) is 0.898. The standard InChI is InChI=1S/C23H31N5O4S/c1-16-12-18(9-10-19(16)22(24)25)13-26-23(30)20-8-5-11-28(20)21(29)14-27-33(31,32)15-17-6-3-2-4-7-17/h2-4,6-7,9-10,12,16,19-20,27H,5,8,11,13-15H2,1H3,(H3,24,25)(H,26,30). The Labute approximate surface area is 194 Å². The molecule has 1 aliphatic carbocycles. The largest absolute Gasteiger partial charge is 0.387 e. The number of amidine groups is 1. The minimum Gasteiger partial charge on any atom is -0.387 e. The second kappa shape index (κ2) is 10.8. The van der Waals surface area contributed by atoms with Crippen molar-refractivity contribution in [2.24, 2.45) is 17.6 Å². The molecule has 1 saturated heterocycles. The zero-order chi connectivity index (χ0) is 24.0. The van der Waals surface area contributed by atoms with Crippen molar-refractivity contribution >= 4 is 27.7 Å². The average molecular weight is 474 g/mol. The number of benzene rings is 1.